The van der Waals surface area contributed by atoms with Gasteiger partial charge in [-0.25, -0.2) is 8.78 Å². The molecule has 0 fully saturated rings. The molecule has 1 unspecified atom stereocenters. The van der Waals surface area contributed by atoms with E-state index in [0.29, 0.717) is 12.1 Å². The molecule has 1 aromatic carbocycles. The van der Waals surface area contributed by atoms with Gasteiger partial charge in [0, 0.05) is 17.8 Å². The lowest BCUT2D eigenvalue weighted by Crippen LogP contribution is -2.27. The van der Waals surface area contributed by atoms with E-state index >= 15 is 0 Å². The number of hydrogen-bond acceptors (Lipinski definition) is 2. The first kappa shape index (κ1) is 11.9. The molecule has 0 saturated heterocycles. The molecule has 17 heavy (non-hydrogen) atoms. The molecule has 0 amide bonds. The van der Waals surface area contributed by atoms with Gasteiger partial charge in [-0.15, -0.1) is 0 Å². The summed E-state index contributed by atoms with van der Waals surface area (Å²) in [4.78, 5) is 4.00. The Morgan fingerprint density at radius 1 is 1.29 bits per heavy atom. The molecular weight excluding hydrogens is 222 g/mol. The standard InChI is InChI=1S/C13H14F2N2/c1-2-17-12(13(14)15)10-5-3-4-9-6-7-16-8-11(9)10/h3-8,12-13,17H,2H2,1H3. The summed E-state index contributed by atoms with van der Waals surface area (Å²) in [6.45, 7) is 2.32. The molecule has 1 aromatic heterocycles. The van der Waals surface area contributed by atoms with E-state index in [-0.39, 0.29) is 0 Å². The number of aromatic nitrogens is 1. The maximum atomic E-state index is 13.0. The summed E-state index contributed by atoms with van der Waals surface area (Å²) in [7, 11) is 0. The second-order valence-electron chi connectivity index (χ2n) is 3.81. The van der Waals surface area contributed by atoms with Crippen molar-refractivity contribution < 1.29 is 8.78 Å². The first-order valence-corrected chi connectivity index (χ1v) is 5.58. The number of pyridine rings is 1. The van der Waals surface area contributed by atoms with Crippen molar-refractivity contribution in [2.24, 2.45) is 0 Å². The summed E-state index contributed by atoms with van der Waals surface area (Å²) in [6, 6.07) is 6.31. The maximum absolute atomic E-state index is 13.0. The van der Waals surface area contributed by atoms with Crippen molar-refractivity contribution in [1.29, 1.82) is 0 Å². The normalized spacial score (nSPS) is 13.2. The van der Waals surface area contributed by atoms with Crippen molar-refractivity contribution in [1.82, 2.24) is 10.3 Å². The summed E-state index contributed by atoms with van der Waals surface area (Å²) in [6.07, 6.45) is 0.870. The first-order chi connectivity index (χ1) is 8.24. The number of nitrogens with zero attached hydrogens (tertiary/aromatic N) is 1. The molecule has 2 nitrogen and oxygen atoms in total. The fourth-order valence-electron chi connectivity index (χ4n) is 1.96. The number of nitrogens with one attached hydrogen (secondary N) is 1. The van der Waals surface area contributed by atoms with Gasteiger partial charge in [-0.05, 0) is 23.6 Å². The van der Waals surface area contributed by atoms with Crippen molar-refractivity contribution in [2.45, 2.75) is 19.4 Å². The van der Waals surface area contributed by atoms with E-state index in [0.717, 1.165) is 10.8 Å². The highest BCUT2D eigenvalue weighted by molar-refractivity contribution is 5.85. The first-order valence-electron chi connectivity index (χ1n) is 5.58. The van der Waals surface area contributed by atoms with Crippen LogP contribution in [0.3, 0.4) is 0 Å². The van der Waals surface area contributed by atoms with Gasteiger partial charge in [0.2, 0.25) is 0 Å². The Bertz CT molecular complexity index is 494. The SMILES string of the molecule is CCNC(c1cccc2ccncc12)C(F)F. The van der Waals surface area contributed by atoms with Crippen LogP contribution in [0.5, 0.6) is 0 Å². The molecule has 0 aliphatic heterocycles. The zero-order valence-electron chi connectivity index (χ0n) is 9.53. The molecule has 0 radical (unpaired) electrons. The molecule has 90 valence electrons. The number of halogens is 2. The van der Waals surface area contributed by atoms with E-state index in [1.54, 1.807) is 24.5 Å². The van der Waals surface area contributed by atoms with Crippen LogP contribution < -0.4 is 5.32 Å². The van der Waals surface area contributed by atoms with E-state index in [1.165, 1.54) is 0 Å². The highest BCUT2D eigenvalue weighted by Gasteiger charge is 2.22. The summed E-state index contributed by atoms with van der Waals surface area (Å²) >= 11 is 0. The lowest BCUT2D eigenvalue weighted by molar-refractivity contribution is 0.0999. The minimum Gasteiger partial charge on any atom is -0.305 e. The highest BCUT2D eigenvalue weighted by atomic mass is 19.3. The van der Waals surface area contributed by atoms with Gasteiger partial charge < -0.3 is 5.32 Å². The predicted molar refractivity (Wildman–Crippen MR) is 64.2 cm³/mol. The van der Waals surface area contributed by atoms with Crippen LogP contribution in [0.25, 0.3) is 10.8 Å². The van der Waals surface area contributed by atoms with E-state index in [1.807, 2.05) is 19.1 Å². The van der Waals surface area contributed by atoms with Crippen LogP contribution in [0.2, 0.25) is 0 Å². The monoisotopic (exact) mass is 236 g/mol. The fourth-order valence-corrected chi connectivity index (χ4v) is 1.96. The van der Waals surface area contributed by atoms with Gasteiger partial charge in [0.25, 0.3) is 6.43 Å². The van der Waals surface area contributed by atoms with Crippen LogP contribution in [0, 0.1) is 0 Å². The van der Waals surface area contributed by atoms with E-state index in [9.17, 15) is 8.78 Å². The third-order valence-electron chi connectivity index (χ3n) is 2.73. The molecule has 1 atom stereocenters. The Morgan fingerprint density at radius 3 is 2.82 bits per heavy atom. The second kappa shape index (κ2) is 5.19. The maximum Gasteiger partial charge on any atom is 0.257 e. The average Bonchev–Trinajstić information content (AvgIpc) is 2.35. The number of benzene rings is 1. The third kappa shape index (κ3) is 2.42. The predicted octanol–water partition coefficient (Wildman–Crippen LogP) is 3.15. The van der Waals surface area contributed by atoms with Gasteiger partial charge >= 0.3 is 0 Å². The van der Waals surface area contributed by atoms with Crippen molar-refractivity contribution in [3.63, 3.8) is 0 Å². The van der Waals surface area contributed by atoms with Gasteiger partial charge in [0.1, 0.15) is 0 Å². The molecule has 0 bridgehead atoms. The molecule has 0 saturated carbocycles. The van der Waals surface area contributed by atoms with E-state index < -0.39 is 12.5 Å². The van der Waals surface area contributed by atoms with Crippen molar-refractivity contribution in [3.8, 4) is 0 Å². The van der Waals surface area contributed by atoms with Crippen LogP contribution >= 0.6 is 0 Å². The van der Waals surface area contributed by atoms with Gasteiger partial charge in [0.15, 0.2) is 0 Å². The summed E-state index contributed by atoms with van der Waals surface area (Å²) in [5.41, 5.74) is 0.604. The molecule has 2 rings (SSSR count). The third-order valence-corrected chi connectivity index (χ3v) is 2.73. The second-order valence-corrected chi connectivity index (χ2v) is 3.81. The van der Waals surface area contributed by atoms with E-state index in [2.05, 4.69) is 10.3 Å². The van der Waals surface area contributed by atoms with Crippen molar-refractivity contribution in [3.05, 3.63) is 42.2 Å². The molecule has 1 N–H and O–H groups in total. The highest BCUT2D eigenvalue weighted by Crippen LogP contribution is 2.27. The number of rotatable bonds is 4. The minimum absolute atomic E-state index is 0.506. The lowest BCUT2D eigenvalue weighted by Gasteiger charge is -2.19. The topological polar surface area (TPSA) is 24.9 Å². The Morgan fingerprint density at radius 2 is 2.12 bits per heavy atom. The Balaban J connectivity index is 2.52. The van der Waals surface area contributed by atoms with Crippen LogP contribution in [-0.4, -0.2) is 18.0 Å². The molecular formula is C13H14F2N2. The molecule has 0 aliphatic rings. The molecule has 0 aliphatic carbocycles. The summed E-state index contributed by atoms with van der Waals surface area (Å²) in [5.74, 6) is 0. The zero-order chi connectivity index (χ0) is 12.3. The van der Waals surface area contributed by atoms with Crippen molar-refractivity contribution in [2.75, 3.05) is 6.54 Å². The number of fused-ring (bicyclic) bond motifs is 1. The average molecular weight is 236 g/mol. The fraction of sp³-hybridized carbons (Fsp3) is 0.308. The van der Waals surface area contributed by atoms with Gasteiger partial charge in [0.05, 0.1) is 6.04 Å². The molecule has 4 heteroatoms. The lowest BCUT2D eigenvalue weighted by atomic mass is 10.0. The van der Waals surface area contributed by atoms with E-state index in [4.69, 9.17) is 0 Å². The molecule has 2 aromatic rings. The van der Waals surface area contributed by atoms with Crippen LogP contribution in [-0.2, 0) is 0 Å². The van der Waals surface area contributed by atoms with Gasteiger partial charge in [-0.2, -0.15) is 0 Å². The zero-order valence-corrected chi connectivity index (χ0v) is 9.53. The van der Waals surface area contributed by atoms with Gasteiger partial charge in [-0.1, -0.05) is 25.1 Å². The largest absolute Gasteiger partial charge is 0.305 e. The minimum atomic E-state index is -2.43. The van der Waals surface area contributed by atoms with Crippen LogP contribution in [0.15, 0.2) is 36.7 Å². The number of hydrogen-bond donors (Lipinski definition) is 1. The van der Waals surface area contributed by atoms with Crippen molar-refractivity contribution >= 4 is 10.8 Å². The summed E-state index contributed by atoms with van der Waals surface area (Å²) < 4.78 is 26.0. The Hall–Kier alpha value is -1.55. The smallest absolute Gasteiger partial charge is 0.257 e. The van der Waals surface area contributed by atoms with Crippen LogP contribution in [0.4, 0.5) is 8.78 Å². The van der Waals surface area contributed by atoms with Gasteiger partial charge in [-0.3, -0.25) is 4.98 Å². The summed E-state index contributed by atoms with van der Waals surface area (Å²) in [5, 5.41) is 4.52. The molecule has 1 heterocycles. The molecule has 0 spiro atoms. The Kier molecular flexibility index (Phi) is 3.64. The number of alkyl halides is 2. The van der Waals surface area contributed by atoms with Crippen LogP contribution in [0.1, 0.15) is 18.5 Å². The Labute approximate surface area is 98.7 Å². The quantitative estimate of drug-likeness (QED) is 0.882.